The number of methoxy groups -OCH3 is 1. The Balaban J connectivity index is 1.80. The van der Waals surface area contributed by atoms with Crippen molar-refractivity contribution >= 4 is 28.9 Å². The zero-order chi connectivity index (χ0) is 19.0. The highest BCUT2D eigenvalue weighted by Gasteiger charge is 2.24. The van der Waals surface area contributed by atoms with E-state index in [-0.39, 0.29) is 11.6 Å². The minimum atomic E-state index is -0.569. The lowest BCUT2D eigenvalue weighted by Crippen LogP contribution is -2.05. The van der Waals surface area contributed by atoms with Crippen molar-refractivity contribution in [2.45, 2.75) is 6.92 Å². The number of carbonyl (C=O) groups is 1. The number of carbonyl (C=O) groups excluding carboxylic acids is 1. The van der Waals surface area contributed by atoms with Crippen LogP contribution in [0.25, 0.3) is 17.0 Å². The molecule has 0 bridgehead atoms. The van der Waals surface area contributed by atoms with E-state index in [1.807, 2.05) is 31.2 Å². The SMILES string of the molecule is COc1ccc2c(/C=C3\N=C(c4ccc(C)cc4)OC3=O)cc(=O)oc2c1. The summed E-state index contributed by atoms with van der Waals surface area (Å²) < 4.78 is 15.6. The van der Waals surface area contributed by atoms with Gasteiger partial charge in [-0.3, -0.25) is 0 Å². The first-order chi connectivity index (χ1) is 13.0. The van der Waals surface area contributed by atoms with E-state index in [0.29, 0.717) is 27.8 Å². The number of fused-ring (bicyclic) bond motifs is 1. The first-order valence-electron chi connectivity index (χ1n) is 8.25. The second-order valence-corrected chi connectivity index (χ2v) is 6.08. The van der Waals surface area contributed by atoms with E-state index in [1.54, 1.807) is 18.2 Å². The quantitative estimate of drug-likeness (QED) is 0.406. The normalized spacial score (nSPS) is 15.1. The van der Waals surface area contributed by atoms with Gasteiger partial charge in [-0.05, 0) is 42.8 Å². The third kappa shape index (κ3) is 3.25. The Hall–Kier alpha value is -3.67. The second kappa shape index (κ2) is 6.57. The lowest BCUT2D eigenvalue weighted by molar-refractivity contribution is -0.129. The van der Waals surface area contributed by atoms with Crippen LogP contribution < -0.4 is 10.4 Å². The van der Waals surface area contributed by atoms with Crippen molar-refractivity contribution in [3.63, 3.8) is 0 Å². The van der Waals surface area contributed by atoms with E-state index in [4.69, 9.17) is 13.9 Å². The number of aryl methyl sites for hydroxylation is 1. The molecule has 6 nitrogen and oxygen atoms in total. The maximum absolute atomic E-state index is 12.2. The summed E-state index contributed by atoms with van der Waals surface area (Å²) in [6, 6.07) is 13.9. The van der Waals surface area contributed by atoms with Gasteiger partial charge in [0.25, 0.3) is 0 Å². The molecule has 0 unspecified atom stereocenters. The van der Waals surface area contributed by atoms with Crippen LogP contribution in [0.15, 0.2) is 68.4 Å². The molecule has 0 saturated heterocycles. The highest BCUT2D eigenvalue weighted by molar-refractivity contribution is 6.13. The molecule has 1 aliphatic heterocycles. The zero-order valence-electron chi connectivity index (χ0n) is 14.7. The fourth-order valence-electron chi connectivity index (χ4n) is 2.79. The Kier molecular flexibility index (Phi) is 4.08. The van der Waals surface area contributed by atoms with Crippen LogP contribution in [-0.4, -0.2) is 19.0 Å². The lowest BCUT2D eigenvalue weighted by Gasteiger charge is -2.04. The third-order valence-corrected chi connectivity index (χ3v) is 4.19. The van der Waals surface area contributed by atoms with E-state index in [2.05, 4.69) is 4.99 Å². The Morgan fingerprint density at radius 1 is 1.04 bits per heavy atom. The Labute approximate surface area is 154 Å². The van der Waals surface area contributed by atoms with Crippen molar-refractivity contribution in [2.75, 3.05) is 7.11 Å². The van der Waals surface area contributed by atoms with Crippen molar-refractivity contribution in [3.8, 4) is 5.75 Å². The first kappa shape index (κ1) is 16.8. The minimum Gasteiger partial charge on any atom is -0.497 e. The summed E-state index contributed by atoms with van der Waals surface area (Å²) in [6.07, 6.45) is 1.52. The fourth-order valence-corrected chi connectivity index (χ4v) is 2.79. The van der Waals surface area contributed by atoms with Gasteiger partial charge in [-0.2, -0.15) is 0 Å². The van der Waals surface area contributed by atoms with Crippen LogP contribution >= 0.6 is 0 Å². The monoisotopic (exact) mass is 361 g/mol. The average molecular weight is 361 g/mol. The van der Waals surface area contributed by atoms with Crippen LogP contribution in [-0.2, 0) is 9.53 Å². The molecule has 0 saturated carbocycles. The molecule has 4 rings (SSSR count). The van der Waals surface area contributed by atoms with Crippen LogP contribution in [0, 0.1) is 6.92 Å². The summed E-state index contributed by atoms with van der Waals surface area (Å²) in [6.45, 7) is 1.97. The summed E-state index contributed by atoms with van der Waals surface area (Å²) in [7, 11) is 1.53. The number of cyclic esters (lactones) is 1. The fraction of sp³-hybridized carbons (Fsp3) is 0.0952. The molecule has 1 aliphatic rings. The van der Waals surface area contributed by atoms with Gasteiger partial charge in [0.2, 0.25) is 5.90 Å². The van der Waals surface area contributed by atoms with Crippen molar-refractivity contribution in [1.82, 2.24) is 0 Å². The molecule has 0 aliphatic carbocycles. The van der Waals surface area contributed by atoms with Crippen LogP contribution in [0.4, 0.5) is 0 Å². The van der Waals surface area contributed by atoms with Gasteiger partial charge in [0.15, 0.2) is 5.70 Å². The number of ether oxygens (including phenoxy) is 2. The maximum atomic E-state index is 12.2. The highest BCUT2D eigenvalue weighted by atomic mass is 16.6. The van der Waals surface area contributed by atoms with Gasteiger partial charge >= 0.3 is 11.6 Å². The Bertz CT molecular complexity index is 1170. The van der Waals surface area contributed by atoms with Gasteiger partial charge < -0.3 is 13.9 Å². The molecule has 2 heterocycles. The molecule has 0 atom stereocenters. The van der Waals surface area contributed by atoms with Crippen LogP contribution in [0.2, 0.25) is 0 Å². The largest absolute Gasteiger partial charge is 0.497 e. The number of nitrogens with zero attached hydrogens (tertiary/aromatic N) is 1. The number of aliphatic imine (C=N–C) groups is 1. The molecule has 0 spiro atoms. The Morgan fingerprint density at radius 3 is 2.56 bits per heavy atom. The number of hydrogen-bond donors (Lipinski definition) is 0. The summed E-state index contributed by atoms with van der Waals surface area (Å²) in [5.41, 5.74) is 2.27. The molecule has 1 aromatic heterocycles. The lowest BCUT2D eigenvalue weighted by atomic mass is 10.1. The smallest absolute Gasteiger partial charge is 0.363 e. The third-order valence-electron chi connectivity index (χ3n) is 4.19. The van der Waals surface area contributed by atoms with Crippen molar-refractivity contribution in [2.24, 2.45) is 4.99 Å². The van der Waals surface area contributed by atoms with E-state index < -0.39 is 11.6 Å². The summed E-state index contributed by atoms with van der Waals surface area (Å²) >= 11 is 0. The van der Waals surface area contributed by atoms with Gasteiger partial charge in [-0.25, -0.2) is 14.6 Å². The maximum Gasteiger partial charge on any atom is 0.363 e. The molecule has 134 valence electrons. The van der Waals surface area contributed by atoms with Crippen molar-refractivity contribution < 1.29 is 18.7 Å². The topological polar surface area (TPSA) is 78.1 Å². The molecule has 6 heteroatoms. The van der Waals surface area contributed by atoms with Gasteiger partial charge in [-0.15, -0.1) is 0 Å². The van der Waals surface area contributed by atoms with Gasteiger partial charge in [-0.1, -0.05) is 17.7 Å². The molecule has 3 aromatic rings. The van der Waals surface area contributed by atoms with E-state index in [9.17, 15) is 9.59 Å². The van der Waals surface area contributed by atoms with Gasteiger partial charge in [0.05, 0.1) is 7.11 Å². The average Bonchev–Trinajstić information content (AvgIpc) is 3.02. The molecule has 27 heavy (non-hydrogen) atoms. The molecule has 2 aromatic carbocycles. The predicted octanol–water partition coefficient (Wildman–Crippen LogP) is 3.45. The standard InChI is InChI=1S/C21H15NO5/c1-12-3-5-13(6-4-12)20-22-17(21(24)27-20)9-14-10-19(23)26-18-11-15(25-2)7-8-16(14)18/h3-11H,1-2H3/b17-9-. The molecular weight excluding hydrogens is 346 g/mol. The molecule has 0 fully saturated rings. The zero-order valence-corrected chi connectivity index (χ0v) is 14.7. The number of hydrogen-bond acceptors (Lipinski definition) is 6. The predicted molar refractivity (Wildman–Crippen MR) is 101 cm³/mol. The van der Waals surface area contributed by atoms with E-state index >= 15 is 0 Å². The van der Waals surface area contributed by atoms with Crippen LogP contribution in [0.1, 0.15) is 16.7 Å². The van der Waals surface area contributed by atoms with Gasteiger partial charge in [0.1, 0.15) is 11.3 Å². The van der Waals surface area contributed by atoms with Crippen LogP contribution in [0.3, 0.4) is 0 Å². The molecule has 0 N–H and O–H groups in total. The van der Waals surface area contributed by atoms with E-state index in [0.717, 1.165) is 5.56 Å². The summed E-state index contributed by atoms with van der Waals surface area (Å²) in [5, 5.41) is 0.662. The van der Waals surface area contributed by atoms with E-state index in [1.165, 1.54) is 19.3 Å². The minimum absolute atomic E-state index is 0.119. The second-order valence-electron chi connectivity index (χ2n) is 6.08. The van der Waals surface area contributed by atoms with Crippen molar-refractivity contribution in [3.05, 3.63) is 81.3 Å². The first-order valence-corrected chi connectivity index (χ1v) is 8.25. The van der Waals surface area contributed by atoms with Crippen molar-refractivity contribution in [1.29, 1.82) is 0 Å². The molecule has 0 amide bonds. The Morgan fingerprint density at radius 2 is 1.81 bits per heavy atom. The van der Waals surface area contributed by atoms with Crippen LogP contribution in [0.5, 0.6) is 5.75 Å². The summed E-state index contributed by atoms with van der Waals surface area (Å²) in [5.74, 6) is 0.232. The summed E-state index contributed by atoms with van der Waals surface area (Å²) in [4.78, 5) is 28.4. The molecular formula is C21H15NO5. The number of benzene rings is 2. The number of rotatable bonds is 3. The van der Waals surface area contributed by atoms with Gasteiger partial charge in [0, 0.05) is 23.1 Å². The molecule has 0 radical (unpaired) electrons. The highest BCUT2D eigenvalue weighted by Crippen LogP contribution is 2.26. The number of esters is 1.